The van der Waals surface area contributed by atoms with Gasteiger partial charge in [0.25, 0.3) is 0 Å². The number of benzene rings is 1. The van der Waals surface area contributed by atoms with Crippen LogP contribution in [0, 0.1) is 6.92 Å². The van der Waals surface area contributed by atoms with Gasteiger partial charge in [-0.05, 0) is 45.2 Å². The number of halogens is 1. The van der Waals surface area contributed by atoms with E-state index in [-0.39, 0.29) is 24.0 Å². The molecular weight excluding hydrogens is 411 g/mol. The Bertz CT molecular complexity index is 487. The largest absolute Gasteiger partial charge is 0.356 e. The van der Waals surface area contributed by atoms with Crippen molar-refractivity contribution >= 4 is 29.9 Å². The molecule has 1 aromatic carbocycles. The first-order chi connectivity index (χ1) is 11.2. The van der Waals surface area contributed by atoms with Crippen LogP contribution in [0.15, 0.2) is 29.3 Å². The molecule has 0 amide bonds. The number of aryl methyl sites for hydroxylation is 1. The summed E-state index contributed by atoms with van der Waals surface area (Å²) >= 11 is 0. The van der Waals surface area contributed by atoms with E-state index in [1.807, 2.05) is 7.05 Å². The number of guanidine groups is 1. The molecular formula is C19H33IN4. The highest BCUT2D eigenvalue weighted by molar-refractivity contribution is 14.0. The first kappa shape index (κ1) is 21.2. The molecule has 1 aromatic rings. The maximum absolute atomic E-state index is 4.30. The molecule has 4 nitrogen and oxygen atoms in total. The van der Waals surface area contributed by atoms with Crippen molar-refractivity contribution < 1.29 is 0 Å². The van der Waals surface area contributed by atoms with Gasteiger partial charge in [0, 0.05) is 32.7 Å². The van der Waals surface area contributed by atoms with Crippen molar-refractivity contribution in [3.63, 3.8) is 0 Å². The van der Waals surface area contributed by atoms with E-state index in [9.17, 15) is 0 Å². The van der Waals surface area contributed by atoms with Crippen LogP contribution in [0.3, 0.4) is 0 Å². The van der Waals surface area contributed by atoms with E-state index in [2.05, 4.69) is 58.6 Å². The zero-order valence-corrected chi connectivity index (χ0v) is 17.7. The standard InChI is InChI=1S/C19H32N4.HI/c1-16-8-10-18(11-9-16)15-22-19(20-3)21-12-6-14-23-13-5-4-7-17(23)2;/h8-11,17H,4-7,12-15H2,1-3H3,(H2,20,21,22);1H. The minimum atomic E-state index is 0. The normalized spacial score (nSPS) is 18.8. The molecule has 136 valence electrons. The van der Waals surface area contributed by atoms with Gasteiger partial charge in [0.1, 0.15) is 0 Å². The van der Waals surface area contributed by atoms with Crippen LogP contribution in [0.2, 0.25) is 0 Å². The third-order valence-corrected chi connectivity index (χ3v) is 4.66. The van der Waals surface area contributed by atoms with Crippen LogP contribution < -0.4 is 10.6 Å². The molecule has 1 heterocycles. The Hall–Kier alpha value is -0.820. The average molecular weight is 444 g/mol. The molecule has 0 aromatic heterocycles. The number of likely N-dealkylation sites (tertiary alicyclic amines) is 1. The van der Waals surface area contributed by atoms with Crippen LogP contribution in [0.5, 0.6) is 0 Å². The molecule has 0 spiro atoms. The summed E-state index contributed by atoms with van der Waals surface area (Å²) < 4.78 is 0. The lowest BCUT2D eigenvalue weighted by Crippen LogP contribution is -2.41. The van der Waals surface area contributed by atoms with Gasteiger partial charge in [0.2, 0.25) is 0 Å². The second-order valence-electron chi connectivity index (χ2n) is 6.57. The zero-order valence-electron chi connectivity index (χ0n) is 15.3. The van der Waals surface area contributed by atoms with E-state index in [0.29, 0.717) is 0 Å². The van der Waals surface area contributed by atoms with E-state index in [4.69, 9.17) is 0 Å². The summed E-state index contributed by atoms with van der Waals surface area (Å²) in [6.07, 6.45) is 5.27. The number of hydrogen-bond acceptors (Lipinski definition) is 2. The predicted molar refractivity (Wildman–Crippen MR) is 114 cm³/mol. The Morgan fingerprint density at radius 2 is 1.96 bits per heavy atom. The van der Waals surface area contributed by atoms with Gasteiger partial charge in [-0.2, -0.15) is 0 Å². The van der Waals surface area contributed by atoms with Gasteiger partial charge in [-0.1, -0.05) is 36.2 Å². The Labute approximate surface area is 164 Å². The summed E-state index contributed by atoms with van der Waals surface area (Å²) in [4.78, 5) is 6.92. The van der Waals surface area contributed by atoms with Gasteiger partial charge in [0.15, 0.2) is 5.96 Å². The molecule has 1 aliphatic rings. The second kappa shape index (κ2) is 11.7. The fourth-order valence-corrected chi connectivity index (χ4v) is 3.09. The van der Waals surface area contributed by atoms with E-state index in [1.54, 1.807) is 0 Å². The third-order valence-electron chi connectivity index (χ3n) is 4.66. The van der Waals surface area contributed by atoms with Gasteiger partial charge < -0.3 is 15.5 Å². The maximum atomic E-state index is 4.30. The highest BCUT2D eigenvalue weighted by Gasteiger charge is 2.16. The van der Waals surface area contributed by atoms with Crippen molar-refractivity contribution in [1.82, 2.24) is 15.5 Å². The number of rotatable bonds is 6. The minimum Gasteiger partial charge on any atom is -0.356 e. The van der Waals surface area contributed by atoms with Crippen molar-refractivity contribution in [3.8, 4) is 0 Å². The molecule has 1 saturated heterocycles. The molecule has 0 bridgehead atoms. The van der Waals surface area contributed by atoms with E-state index in [0.717, 1.165) is 31.5 Å². The second-order valence-corrected chi connectivity index (χ2v) is 6.57. The Kier molecular flexibility index (Phi) is 10.3. The lowest BCUT2D eigenvalue weighted by atomic mass is 10.0. The lowest BCUT2D eigenvalue weighted by molar-refractivity contribution is 0.159. The summed E-state index contributed by atoms with van der Waals surface area (Å²) in [7, 11) is 1.83. The summed E-state index contributed by atoms with van der Waals surface area (Å²) in [5, 5.41) is 6.80. The van der Waals surface area contributed by atoms with Gasteiger partial charge in [-0.15, -0.1) is 24.0 Å². The number of hydrogen-bond donors (Lipinski definition) is 2. The van der Waals surface area contributed by atoms with Gasteiger partial charge >= 0.3 is 0 Å². The van der Waals surface area contributed by atoms with Crippen molar-refractivity contribution in [2.24, 2.45) is 4.99 Å². The summed E-state index contributed by atoms with van der Waals surface area (Å²) in [6.45, 7) is 8.69. The fourth-order valence-electron chi connectivity index (χ4n) is 3.09. The van der Waals surface area contributed by atoms with Crippen molar-refractivity contribution in [2.45, 2.75) is 52.1 Å². The fraction of sp³-hybridized carbons (Fsp3) is 0.632. The number of nitrogens with zero attached hydrogens (tertiary/aromatic N) is 2. The lowest BCUT2D eigenvalue weighted by Gasteiger charge is -2.33. The first-order valence-corrected chi connectivity index (χ1v) is 8.93. The monoisotopic (exact) mass is 444 g/mol. The van der Waals surface area contributed by atoms with Crippen LogP contribution >= 0.6 is 24.0 Å². The van der Waals surface area contributed by atoms with Crippen LogP contribution in [-0.4, -0.2) is 43.6 Å². The highest BCUT2D eigenvalue weighted by atomic mass is 127. The molecule has 1 unspecified atom stereocenters. The number of aliphatic imine (C=N–C) groups is 1. The SMILES string of the molecule is CN=C(NCCCN1CCCCC1C)NCc1ccc(C)cc1.I. The predicted octanol–water partition coefficient (Wildman–Crippen LogP) is 3.54. The van der Waals surface area contributed by atoms with Crippen LogP contribution in [-0.2, 0) is 6.54 Å². The van der Waals surface area contributed by atoms with Crippen molar-refractivity contribution in [3.05, 3.63) is 35.4 Å². The molecule has 1 fully saturated rings. The Morgan fingerprint density at radius 3 is 2.62 bits per heavy atom. The minimum absolute atomic E-state index is 0. The third kappa shape index (κ3) is 7.38. The van der Waals surface area contributed by atoms with E-state index >= 15 is 0 Å². The topological polar surface area (TPSA) is 39.7 Å². The van der Waals surface area contributed by atoms with Crippen molar-refractivity contribution in [1.29, 1.82) is 0 Å². The average Bonchev–Trinajstić information content (AvgIpc) is 2.57. The van der Waals surface area contributed by atoms with Gasteiger partial charge in [-0.3, -0.25) is 4.99 Å². The van der Waals surface area contributed by atoms with Crippen LogP contribution in [0.4, 0.5) is 0 Å². The summed E-state index contributed by atoms with van der Waals surface area (Å²) in [5.74, 6) is 0.886. The van der Waals surface area contributed by atoms with E-state index in [1.165, 1.54) is 43.5 Å². The van der Waals surface area contributed by atoms with Crippen molar-refractivity contribution in [2.75, 3.05) is 26.7 Å². The first-order valence-electron chi connectivity index (χ1n) is 8.93. The molecule has 2 N–H and O–H groups in total. The smallest absolute Gasteiger partial charge is 0.191 e. The van der Waals surface area contributed by atoms with Crippen LogP contribution in [0.25, 0.3) is 0 Å². The summed E-state index contributed by atoms with van der Waals surface area (Å²) in [5.41, 5.74) is 2.57. The maximum Gasteiger partial charge on any atom is 0.191 e. The molecule has 1 atom stereocenters. The zero-order chi connectivity index (χ0) is 16.5. The molecule has 0 radical (unpaired) electrons. The quantitative estimate of drug-likeness (QED) is 0.305. The summed E-state index contributed by atoms with van der Waals surface area (Å²) in [6, 6.07) is 9.36. The molecule has 2 rings (SSSR count). The Morgan fingerprint density at radius 1 is 1.21 bits per heavy atom. The van der Waals surface area contributed by atoms with Gasteiger partial charge in [-0.25, -0.2) is 0 Å². The molecule has 24 heavy (non-hydrogen) atoms. The van der Waals surface area contributed by atoms with Gasteiger partial charge in [0.05, 0.1) is 0 Å². The van der Waals surface area contributed by atoms with Crippen LogP contribution in [0.1, 0.15) is 43.7 Å². The molecule has 1 aliphatic heterocycles. The Balaban J connectivity index is 0.00000288. The molecule has 0 saturated carbocycles. The molecule has 0 aliphatic carbocycles. The number of nitrogens with one attached hydrogen (secondary N) is 2. The highest BCUT2D eigenvalue weighted by Crippen LogP contribution is 2.15. The molecule has 5 heteroatoms. The number of piperidine rings is 1. The van der Waals surface area contributed by atoms with E-state index < -0.39 is 0 Å².